The van der Waals surface area contributed by atoms with E-state index in [1.165, 1.54) is 22.3 Å². The molecule has 0 atom stereocenters. The van der Waals surface area contributed by atoms with Crippen molar-refractivity contribution in [2.45, 2.75) is 6.61 Å². The first-order valence-corrected chi connectivity index (χ1v) is 11.3. The molecule has 0 saturated carbocycles. The van der Waals surface area contributed by atoms with Crippen molar-refractivity contribution in [3.63, 3.8) is 0 Å². The van der Waals surface area contributed by atoms with E-state index in [0.717, 1.165) is 16.9 Å². The highest BCUT2D eigenvalue weighted by Gasteiger charge is 2.04. The van der Waals surface area contributed by atoms with Gasteiger partial charge in [0.1, 0.15) is 12.4 Å². The fourth-order valence-electron chi connectivity index (χ4n) is 3.86. The molecule has 0 amide bonds. The van der Waals surface area contributed by atoms with Gasteiger partial charge in [0, 0.05) is 11.4 Å². The van der Waals surface area contributed by atoms with Crippen molar-refractivity contribution in [3.05, 3.63) is 133 Å². The quantitative estimate of drug-likeness (QED) is 0.252. The van der Waals surface area contributed by atoms with Gasteiger partial charge in [0.05, 0.1) is 5.69 Å². The minimum atomic E-state index is 0.489. The number of para-hydroxylation sites is 3. The molecule has 0 saturated heterocycles. The molecule has 0 aliphatic carbocycles. The fraction of sp³-hybridized carbons (Fsp3) is 0.0323. The van der Waals surface area contributed by atoms with Crippen molar-refractivity contribution >= 4 is 17.1 Å². The van der Waals surface area contributed by atoms with Crippen LogP contribution in [0, 0.1) is 0 Å². The van der Waals surface area contributed by atoms with Crippen molar-refractivity contribution < 1.29 is 4.74 Å². The topological polar surface area (TPSA) is 47.3 Å². The van der Waals surface area contributed by atoms with Crippen molar-refractivity contribution in [2.24, 2.45) is 0 Å². The van der Waals surface area contributed by atoms with Gasteiger partial charge in [0.25, 0.3) is 0 Å². The first-order valence-electron chi connectivity index (χ1n) is 11.3. The van der Waals surface area contributed by atoms with Crippen LogP contribution in [0.2, 0.25) is 0 Å². The highest BCUT2D eigenvalue weighted by Crippen LogP contribution is 2.27. The van der Waals surface area contributed by atoms with Gasteiger partial charge in [-0.05, 0) is 64.2 Å². The van der Waals surface area contributed by atoms with Gasteiger partial charge >= 0.3 is 0 Å². The molecule has 34 heavy (non-hydrogen) atoms. The largest absolute Gasteiger partial charge is 0.487 e. The Hall–Kier alpha value is -4.50. The van der Waals surface area contributed by atoms with E-state index in [2.05, 4.69) is 90.2 Å². The third-order valence-electron chi connectivity index (χ3n) is 5.77. The minimum Gasteiger partial charge on any atom is -0.487 e. The monoisotopic (exact) mass is 442 g/mol. The number of hydrogen-bond donors (Lipinski definition) is 2. The number of nitrogens with two attached hydrogens (primary N) is 1. The summed E-state index contributed by atoms with van der Waals surface area (Å²) >= 11 is 0. The second-order valence-electron chi connectivity index (χ2n) is 8.17. The maximum absolute atomic E-state index is 5.95. The summed E-state index contributed by atoms with van der Waals surface area (Å²) in [7, 11) is 0. The highest BCUT2D eigenvalue weighted by molar-refractivity contribution is 5.72. The molecule has 0 spiro atoms. The second kappa shape index (κ2) is 9.97. The van der Waals surface area contributed by atoms with Crippen LogP contribution in [0.25, 0.3) is 22.3 Å². The van der Waals surface area contributed by atoms with Crippen molar-refractivity contribution in [3.8, 4) is 28.0 Å². The molecule has 5 aromatic rings. The van der Waals surface area contributed by atoms with Crippen LogP contribution in [0.4, 0.5) is 17.1 Å². The van der Waals surface area contributed by atoms with Crippen LogP contribution < -0.4 is 15.8 Å². The summed E-state index contributed by atoms with van der Waals surface area (Å²) in [6, 6.07) is 43.4. The third-order valence-corrected chi connectivity index (χ3v) is 5.77. The van der Waals surface area contributed by atoms with E-state index < -0.39 is 0 Å². The summed E-state index contributed by atoms with van der Waals surface area (Å²) in [5.41, 5.74) is 14.6. The Kier molecular flexibility index (Phi) is 6.26. The summed E-state index contributed by atoms with van der Waals surface area (Å²) < 4.78 is 5.85. The molecule has 0 radical (unpaired) electrons. The van der Waals surface area contributed by atoms with Crippen LogP contribution in [-0.2, 0) is 6.61 Å². The molecule has 0 aliphatic heterocycles. The highest BCUT2D eigenvalue weighted by atomic mass is 16.5. The van der Waals surface area contributed by atoms with Crippen molar-refractivity contribution in [2.75, 3.05) is 11.1 Å². The van der Waals surface area contributed by atoms with Crippen LogP contribution in [0.1, 0.15) is 5.56 Å². The lowest BCUT2D eigenvalue weighted by Crippen LogP contribution is -1.98. The van der Waals surface area contributed by atoms with Crippen LogP contribution in [0.5, 0.6) is 5.75 Å². The van der Waals surface area contributed by atoms with Gasteiger partial charge in [-0.15, -0.1) is 0 Å². The Morgan fingerprint density at radius 1 is 0.500 bits per heavy atom. The van der Waals surface area contributed by atoms with Gasteiger partial charge in [-0.3, -0.25) is 0 Å². The predicted octanol–water partition coefficient (Wildman–Crippen LogP) is 7.93. The Balaban J connectivity index is 1.23. The molecule has 3 nitrogen and oxygen atoms in total. The normalized spacial score (nSPS) is 10.6. The molecule has 3 N–H and O–H groups in total. The zero-order valence-electron chi connectivity index (χ0n) is 18.8. The Bertz CT molecular complexity index is 1340. The van der Waals surface area contributed by atoms with Crippen LogP contribution in [-0.4, -0.2) is 0 Å². The number of nitrogens with one attached hydrogen (secondary N) is 1. The smallest absolute Gasteiger partial charge is 0.142 e. The van der Waals surface area contributed by atoms with Gasteiger partial charge in [-0.25, -0.2) is 0 Å². The maximum Gasteiger partial charge on any atom is 0.142 e. The molecule has 0 fully saturated rings. The van der Waals surface area contributed by atoms with E-state index in [-0.39, 0.29) is 0 Å². The lowest BCUT2D eigenvalue weighted by Gasteiger charge is -2.10. The molecular weight excluding hydrogens is 416 g/mol. The van der Waals surface area contributed by atoms with E-state index in [1.807, 2.05) is 42.5 Å². The fourth-order valence-corrected chi connectivity index (χ4v) is 3.86. The predicted molar refractivity (Wildman–Crippen MR) is 142 cm³/mol. The average molecular weight is 443 g/mol. The maximum atomic E-state index is 5.95. The van der Waals surface area contributed by atoms with Gasteiger partial charge in [0.2, 0.25) is 0 Å². The summed E-state index contributed by atoms with van der Waals surface area (Å²) in [6.07, 6.45) is 0. The molecule has 0 aliphatic rings. The summed E-state index contributed by atoms with van der Waals surface area (Å²) in [5.74, 6) is 0.714. The second-order valence-corrected chi connectivity index (χ2v) is 8.17. The third kappa shape index (κ3) is 5.11. The number of benzene rings is 5. The number of nitrogen functional groups attached to an aromatic ring is 1. The molecule has 0 bridgehead atoms. The average Bonchev–Trinajstić information content (AvgIpc) is 2.90. The van der Waals surface area contributed by atoms with E-state index in [4.69, 9.17) is 10.5 Å². The van der Waals surface area contributed by atoms with E-state index in [9.17, 15) is 0 Å². The molecule has 0 aromatic heterocycles. The zero-order chi connectivity index (χ0) is 23.2. The molecule has 3 heteroatoms. The number of ether oxygens (including phenoxy) is 1. The van der Waals surface area contributed by atoms with Crippen LogP contribution in [0.15, 0.2) is 127 Å². The molecule has 5 aromatic carbocycles. The number of rotatable bonds is 7. The first kappa shape index (κ1) is 21.4. The molecule has 0 unspecified atom stereocenters. The Labute approximate surface area is 200 Å². The van der Waals surface area contributed by atoms with Gasteiger partial charge in [-0.2, -0.15) is 0 Å². The van der Waals surface area contributed by atoms with Crippen molar-refractivity contribution in [1.82, 2.24) is 0 Å². The number of hydrogen-bond acceptors (Lipinski definition) is 3. The molecule has 5 rings (SSSR count). The standard InChI is InChI=1S/C31H26N2O/c32-30-8-4-5-9-31(30)34-22-23-10-12-24(13-11-23)25-14-16-26(17-15-25)27-18-20-29(21-19-27)33-28-6-2-1-3-7-28/h1-21,33H,22,32H2. The Morgan fingerprint density at radius 3 is 1.56 bits per heavy atom. The molecular formula is C31H26N2O. The van der Waals surface area contributed by atoms with Gasteiger partial charge in [0.15, 0.2) is 0 Å². The van der Waals surface area contributed by atoms with Crippen LogP contribution in [0.3, 0.4) is 0 Å². The first-order chi connectivity index (χ1) is 16.7. The van der Waals surface area contributed by atoms with E-state index in [1.54, 1.807) is 0 Å². The summed E-state index contributed by atoms with van der Waals surface area (Å²) in [5, 5.41) is 3.42. The minimum absolute atomic E-state index is 0.489. The van der Waals surface area contributed by atoms with E-state index >= 15 is 0 Å². The summed E-state index contributed by atoms with van der Waals surface area (Å²) in [4.78, 5) is 0. The zero-order valence-corrected chi connectivity index (χ0v) is 18.8. The number of anilines is 3. The molecule has 166 valence electrons. The lowest BCUT2D eigenvalue weighted by molar-refractivity contribution is 0.308. The Morgan fingerprint density at radius 2 is 0.971 bits per heavy atom. The summed E-state index contributed by atoms with van der Waals surface area (Å²) in [6.45, 7) is 0.489. The van der Waals surface area contributed by atoms with Gasteiger partial charge in [-0.1, -0.05) is 91.0 Å². The van der Waals surface area contributed by atoms with Gasteiger partial charge < -0.3 is 15.8 Å². The molecule has 0 heterocycles. The van der Waals surface area contributed by atoms with E-state index in [0.29, 0.717) is 18.0 Å². The van der Waals surface area contributed by atoms with Crippen LogP contribution >= 0.6 is 0 Å². The lowest BCUT2D eigenvalue weighted by atomic mass is 9.99. The van der Waals surface area contributed by atoms with Crippen molar-refractivity contribution in [1.29, 1.82) is 0 Å². The SMILES string of the molecule is Nc1ccccc1OCc1ccc(-c2ccc(-c3ccc(Nc4ccccc4)cc3)cc2)cc1.